The summed E-state index contributed by atoms with van der Waals surface area (Å²) in [5.74, 6) is -1.29. The van der Waals surface area contributed by atoms with E-state index in [2.05, 4.69) is 31.9 Å². The van der Waals surface area contributed by atoms with E-state index in [1.165, 1.54) is 12.1 Å². The van der Waals surface area contributed by atoms with Crippen LogP contribution in [0.2, 0.25) is 0 Å². The number of ether oxygens (including phenoxy) is 2. The molecule has 1 N–H and O–H groups in total. The summed E-state index contributed by atoms with van der Waals surface area (Å²) in [6.45, 7) is 5.31. The van der Waals surface area contributed by atoms with Crippen LogP contribution in [0.15, 0.2) is 39.3 Å². The first kappa shape index (κ1) is 19.5. The van der Waals surface area contributed by atoms with Crippen LogP contribution in [0.25, 0.3) is 0 Å². The first-order valence-electron chi connectivity index (χ1n) is 7.37. The highest BCUT2D eigenvalue weighted by Crippen LogP contribution is 2.29. The van der Waals surface area contributed by atoms with Crippen LogP contribution in [0, 0.1) is 13.8 Å². The van der Waals surface area contributed by atoms with Gasteiger partial charge in [-0.1, -0.05) is 31.9 Å². The van der Waals surface area contributed by atoms with Crippen LogP contribution in [-0.2, 0) is 4.79 Å². The molecule has 132 valence electrons. The largest absolute Gasteiger partial charge is 0.478 e. The maximum Gasteiger partial charge on any atom is 0.352 e. The van der Waals surface area contributed by atoms with E-state index in [1.807, 2.05) is 26.0 Å². The van der Waals surface area contributed by atoms with Gasteiger partial charge in [-0.15, -0.1) is 0 Å². The van der Waals surface area contributed by atoms with Crippen LogP contribution in [0.3, 0.4) is 0 Å². The number of aryl methyl sites for hydroxylation is 2. The van der Waals surface area contributed by atoms with Gasteiger partial charge in [-0.3, -0.25) is 0 Å². The number of carboxylic acids is 1. The minimum atomic E-state index is -1.18. The van der Waals surface area contributed by atoms with Crippen LogP contribution in [0.5, 0.6) is 11.5 Å². The summed E-state index contributed by atoms with van der Waals surface area (Å²) in [4.78, 5) is 23.6. The van der Waals surface area contributed by atoms with Gasteiger partial charge in [0.25, 0.3) is 0 Å². The van der Waals surface area contributed by atoms with Crippen molar-refractivity contribution in [2.45, 2.75) is 26.9 Å². The highest BCUT2D eigenvalue weighted by atomic mass is 79.9. The van der Waals surface area contributed by atoms with Crippen molar-refractivity contribution in [2.24, 2.45) is 0 Å². The summed E-state index contributed by atoms with van der Waals surface area (Å²) in [6, 6.07) is 8.17. The average molecular weight is 472 g/mol. The molecule has 0 aliphatic carbocycles. The van der Waals surface area contributed by atoms with Crippen LogP contribution in [0.1, 0.15) is 28.4 Å². The molecule has 0 aliphatic heterocycles. The van der Waals surface area contributed by atoms with Gasteiger partial charge in [0.2, 0.25) is 0 Å². The summed E-state index contributed by atoms with van der Waals surface area (Å²) in [5.41, 5.74) is 1.65. The Labute approximate surface area is 162 Å². The predicted octanol–water partition coefficient (Wildman–Crippen LogP) is 4.90. The van der Waals surface area contributed by atoms with Crippen molar-refractivity contribution < 1.29 is 24.2 Å². The molecule has 1 atom stereocenters. The van der Waals surface area contributed by atoms with E-state index in [-0.39, 0.29) is 11.3 Å². The van der Waals surface area contributed by atoms with Gasteiger partial charge in [0.05, 0.1) is 0 Å². The molecule has 0 spiro atoms. The fourth-order valence-corrected chi connectivity index (χ4v) is 3.31. The van der Waals surface area contributed by atoms with Gasteiger partial charge < -0.3 is 14.6 Å². The molecule has 2 aromatic rings. The van der Waals surface area contributed by atoms with E-state index in [4.69, 9.17) is 9.47 Å². The monoisotopic (exact) mass is 470 g/mol. The molecule has 2 rings (SSSR count). The number of carbonyl (C=O) groups excluding carboxylic acids is 1. The normalized spacial score (nSPS) is 11.7. The van der Waals surface area contributed by atoms with E-state index in [1.54, 1.807) is 13.0 Å². The predicted molar refractivity (Wildman–Crippen MR) is 100 cm³/mol. The number of hydrogen-bond acceptors (Lipinski definition) is 4. The van der Waals surface area contributed by atoms with E-state index in [0.29, 0.717) is 10.2 Å². The Morgan fingerprint density at radius 1 is 1.04 bits per heavy atom. The summed E-state index contributed by atoms with van der Waals surface area (Å²) < 4.78 is 12.5. The fraction of sp³-hybridized carbons (Fsp3) is 0.222. The van der Waals surface area contributed by atoms with Crippen LogP contribution < -0.4 is 9.47 Å². The lowest BCUT2D eigenvalue weighted by molar-refractivity contribution is -0.141. The zero-order valence-corrected chi connectivity index (χ0v) is 17.0. The average Bonchev–Trinajstić information content (AvgIpc) is 2.51. The Bertz CT molecular complexity index is 809. The molecule has 25 heavy (non-hydrogen) atoms. The smallest absolute Gasteiger partial charge is 0.352 e. The van der Waals surface area contributed by atoms with E-state index >= 15 is 0 Å². The number of benzene rings is 2. The van der Waals surface area contributed by atoms with E-state index < -0.39 is 18.0 Å². The summed E-state index contributed by atoms with van der Waals surface area (Å²) in [5, 5.41) is 9.23. The van der Waals surface area contributed by atoms with Gasteiger partial charge in [0.1, 0.15) is 17.1 Å². The second kappa shape index (κ2) is 8.01. The number of carboxylic acid groups (broad SMARTS) is 1. The molecule has 2 aromatic carbocycles. The molecule has 0 radical (unpaired) electrons. The van der Waals surface area contributed by atoms with Gasteiger partial charge in [0, 0.05) is 8.95 Å². The van der Waals surface area contributed by atoms with Gasteiger partial charge in [-0.05, 0) is 62.2 Å². The van der Waals surface area contributed by atoms with Crippen molar-refractivity contribution in [3.63, 3.8) is 0 Å². The highest BCUT2D eigenvalue weighted by molar-refractivity contribution is 9.10. The van der Waals surface area contributed by atoms with Crippen molar-refractivity contribution in [2.75, 3.05) is 0 Å². The van der Waals surface area contributed by atoms with Crippen molar-refractivity contribution in [3.8, 4) is 11.5 Å². The first-order valence-corrected chi connectivity index (χ1v) is 8.95. The first-order chi connectivity index (χ1) is 11.7. The van der Waals surface area contributed by atoms with Gasteiger partial charge in [-0.25, -0.2) is 9.59 Å². The molecule has 7 heteroatoms. The number of aromatic carboxylic acids is 1. The number of carbonyl (C=O) groups is 2. The number of hydrogen-bond donors (Lipinski definition) is 1. The molecular weight excluding hydrogens is 456 g/mol. The molecule has 0 aliphatic rings. The number of esters is 1. The van der Waals surface area contributed by atoms with Crippen molar-refractivity contribution in [3.05, 3.63) is 56.0 Å². The standard InChI is InChI=1S/C18H16Br2O5/c1-9-6-13(20)7-10(2)16(9)24-11(3)18(23)25-15-5-4-12(19)8-14(15)17(21)22/h4-8,11H,1-3H3,(H,21,22). The second-order valence-corrected chi connectivity index (χ2v) is 7.33. The van der Waals surface area contributed by atoms with E-state index in [9.17, 15) is 14.7 Å². The maximum atomic E-state index is 12.3. The van der Waals surface area contributed by atoms with Gasteiger partial charge in [0.15, 0.2) is 6.10 Å². The maximum absolute atomic E-state index is 12.3. The highest BCUT2D eigenvalue weighted by Gasteiger charge is 2.22. The Hall–Kier alpha value is -1.86. The molecule has 0 aromatic heterocycles. The van der Waals surface area contributed by atoms with Crippen LogP contribution >= 0.6 is 31.9 Å². The molecular formula is C18H16Br2O5. The molecule has 0 bridgehead atoms. The molecule has 0 saturated carbocycles. The van der Waals surface area contributed by atoms with Gasteiger partial charge >= 0.3 is 11.9 Å². The fourth-order valence-electron chi connectivity index (χ4n) is 2.26. The lowest BCUT2D eigenvalue weighted by atomic mass is 10.1. The minimum Gasteiger partial charge on any atom is -0.478 e. The third kappa shape index (κ3) is 4.83. The lowest BCUT2D eigenvalue weighted by Crippen LogP contribution is -2.29. The van der Waals surface area contributed by atoms with Crippen molar-refractivity contribution in [1.82, 2.24) is 0 Å². The Balaban J connectivity index is 2.18. The second-order valence-electron chi connectivity index (χ2n) is 5.50. The molecule has 1 unspecified atom stereocenters. The van der Waals surface area contributed by atoms with Crippen LogP contribution in [-0.4, -0.2) is 23.1 Å². The quantitative estimate of drug-likeness (QED) is 0.496. The lowest BCUT2D eigenvalue weighted by Gasteiger charge is -2.18. The third-order valence-electron chi connectivity index (χ3n) is 3.43. The van der Waals surface area contributed by atoms with E-state index in [0.717, 1.165) is 15.6 Å². The molecule has 5 nitrogen and oxygen atoms in total. The Kier molecular flexibility index (Phi) is 6.24. The number of rotatable bonds is 5. The summed E-state index contributed by atoms with van der Waals surface area (Å²) >= 11 is 6.60. The topological polar surface area (TPSA) is 72.8 Å². The summed E-state index contributed by atoms with van der Waals surface area (Å²) in [7, 11) is 0. The Morgan fingerprint density at radius 3 is 2.20 bits per heavy atom. The van der Waals surface area contributed by atoms with Crippen LogP contribution in [0.4, 0.5) is 0 Å². The number of halogens is 2. The third-order valence-corrected chi connectivity index (χ3v) is 4.39. The zero-order valence-electron chi connectivity index (χ0n) is 13.8. The van der Waals surface area contributed by atoms with Crippen molar-refractivity contribution >= 4 is 43.8 Å². The van der Waals surface area contributed by atoms with Gasteiger partial charge in [-0.2, -0.15) is 0 Å². The summed E-state index contributed by atoms with van der Waals surface area (Å²) in [6.07, 6.45) is -0.899. The minimum absolute atomic E-state index is 0.0274. The Morgan fingerprint density at radius 2 is 1.64 bits per heavy atom. The molecule has 0 amide bonds. The molecule has 0 fully saturated rings. The molecule has 0 saturated heterocycles. The van der Waals surface area contributed by atoms with Crippen molar-refractivity contribution in [1.29, 1.82) is 0 Å². The SMILES string of the molecule is Cc1cc(Br)cc(C)c1OC(C)C(=O)Oc1ccc(Br)cc1C(=O)O. The zero-order chi connectivity index (χ0) is 18.7. The molecule has 0 heterocycles.